The van der Waals surface area contributed by atoms with Crippen molar-refractivity contribution >= 4 is 0 Å². The Morgan fingerprint density at radius 1 is 1.53 bits per heavy atom. The van der Waals surface area contributed by atoms with Gasteiger partial charge in [0.2, 0.25) is 0 Å². The van der Waals surface area contributed by atoms with Crippen molar-refractivity contribution in [2.24, 2.45) is 5.73 Å². The second-order valence-electron chi connectivity index (χ2n) is 3.92. The van der Waals surface area contributed by atoms with Gasteiger partial charge < -0.3 is 5.73 Å². The average molecular weight is 206 g/mol. The lowest BCUT2D eigenvalue weighted by Gasteiger charge is -2.26. The van der Waals surface area contributed by atoms with E-state index in [-0.39, 0.29) is 0 Å². The quantitative estimate of drug-likeness (QED) is 0.775. The number of hydrogen-bond donors (Lipinski definition) is 1. The number of nitrogens with zero attached hydrogens (tertiary/aromatic N) is 3. The molecule has 0 fully saturated rings. The van der Waals surface area contributed by atoms with E-state index < -0.39 is 0 Å². The van der Waals surface area contributed by atoms with Crippen LogP contribution in [0.25, 0.3) is 0 Å². The molecule has 15 heavy (non-hydrogen) atoms. The highest BCUT2D eigenvalue weighted by atomic mass is 15.1. The lowest BCUT2D eigenvalue weighted by atomic mass is 10.1. The maximum absolute atomic E-state index is 5.49. The third-order valence-corrected chi connectivity index (χ3v) is 2.88. The summed E-state index contributed by atoms with van der Waals surface area (Å²) >= 11 is 0. The second-order valence-corrected chi connectivity index (χ2v) is 3.92. The first-order chi connectivity index (χ1) is 7.33. The van der Waals surface area contributed by atoms with Gasteiger partial charge in [0.1, 0.15) is 5.82 Å². The number of likely N-dealkylation sites (N-methyl/N-ethyl adjacent to an activating group) is 1. The lowest BCUT2D eigenvalue weighted by molar-refractivity contribution is 0.265. The molecule has 1 aromatic heterocycles. The van der Waals surface area contributed by atoms with Crippen LogP contribution in [0.2, 0.25) is 0 Å². The zero-order valence-corrected chi connectivity index (χ0v) is 9.24. The summed E-state index contributed by atoms with van der Waals surface area (Å²) in [7, 11) is 0. The maximum Gasteiger partial charge on any atom is 0.129 e. The number of nitrogens with two attached hydrogens (primary N) is 1. The van der Waals surface area contributed by atoms with Gasteiger partial charge in [-0.25, -0.2) is 9.97 Å². The van der Waals surface area contributed by atoms with E-state index in [4.69, 9.17) is 5.73 Å². The van der Waals surface area contributed by atoms with Gasteiger partial charge in [0.25, 0.3) is 0 Å². The van der Waals surface area contributed by atoms with Crippen molar-refractivity contribution in [3.8, 4) is 0 Å². The molecular formula is C11H18N4. The van der Waals surface area contributed by atoms with Gasteiger partial charge in [-0.2, -0.15) is 0 Å². The highest BCUT2D eigenvalue weighted by Crippen LogP contribution is 2.15. The number of fused-ring (bicyclic) bond motifs is 1. The van der Waals surface area contributed by atoms with Crippen molar-refractivity contribution in [1.29, 1.82) is 0 Å². The Balaban J connectivity index is 2.17. The number of aromatic nitrogens is 2. The van der Waals surface area contributed by atoms with Gasteiger partial charge in [-0.1, -0.05) is 6.92 Å². The largest absolute Gasteiger partial charge is 0.330 e. The summed E-state index contributed by atoms with van der Waals surface area (Å²) in [6.07, 6.45) is 3.79. The van der Waals surface area contributed by atoms with E-state index in [2.05, 4.69) is 21.8 Å². The highest BCUT2D eigenvalue weighted by Gasteiger charge is 2.16. The number of hydrogen-bond acceptors (Lipinski definition) is 4. The summed E-state index contributed by atoms with van der Waals surface area (Å²) in [6, 6.07) is 0. The molecule has 0 spiro atoms. The van der Waals surface area contributed by atoms with E-state index in [1.165, 1.54) is 11.3 Å². The molecule has 2 rings (SSSR count). The highest BCUT2D eigenvalue weighted by molar-refractivity contribution is 5.20. The van der Waals surface area contributed by atoms with Crippen LogP contribution < -0.4 is 5.73 Å². The van der Waals surface area contributed by atoms with E-state index in [1.54, 1.807) is 0 Å². The maximum atomic E-state index is 5.49. The van der Waals surface area contributed by atoms with Crippen molar-refractivity contribution in [3.05, 3.63) is 23.3 Å². The SMILES string of the molecule is CCN1CCc2nc(CCN)ncc2C1. The van der Waals surface area contributed by atoms with Gasteiger partial charge in [-0.05, 0) is 13.1 Å². The molecular weight excluding hydrogens is 188 g/mol. The first-order valence-electron chi connectivity index (χ1n) is 5.59. The predicted molar refractivity (Wildman–Crippen MR) is 59.4 cm³/mol. The minimum Gasteiger partial charge on any atom is -0.330 e. The molecule has 2 heterocycles. The Morgan fingerprint density at radius 3 is 3.13 bits per heavy atom. The fraction of sp³-hybridized carbons (Fsp3) is 0.636. The van der Waals surface area contributed by atoms with E-state index in [0.29, 0.717) is 6.54 Å². The molecule has 82 valence electrons. The van der Waals surface area contributed by atoms with Crippen molar-refractivity contribution in [2.45, 2.75) is 26.3 Å². The first-order valence-corrected chi connectivity index (χ1v) is 5.59. The summed E-state index contributed by atoms with van der Waals surface area (Å²) in [5.41, 5.74) is 7.99. The molecule has 0 aliphatic carbocycles. The van der Waals surface area contributed by atoms with Gasteiger partial charge in [-0.15, -0.1) is 0 Å². The van der Waals surface area contributed by atoms with Crippen LogP contribution in [0.5, 0.6) is 0 Å². The number of rotatable bonds is 3. The van der Waals surface area contributed by atoms with Crippen LogP contribution in [-0.2, 0) is 19.4 Å². The van der Waals surface area contributed by atoms with Gasteiger partial charge in [0, 0.05) is 43.4 Å². The third-order valence-electron chi connectivity index (χ3n) is 2.88. The summed E-state index contributed by atoms with van der Waals surface area (Å²) in [5, 5.41) is 0. The van der Waals surface area contributed by atoms with Gasteiger partial charge in [-0.3, -0.25) is 4.90 Å². The molecule has 1 aliphatic heterocycles. The Kier molecular flexibility index (Phi) is 3.28. The normalized spacial score (nSPS) is 16.4. The van der Waals surface area contributed by atoms with E-state index >= 15 is 0 Å². The van der Waals surface area contributed by atoms with Crippen LogP contribution in [0.1, 0.15) is 24.0 Å². The molecule has 0 saturated heterocycles. The predicted octanol–water partition coefficient (Wildman–Crippen LogP) is 0.356. The fourth-order valence-electron chi connectivity index (χ4n) is 1.94. The van der Waals surface area contributed by atoms with Crippen molar-refractivity contribution in [1.82, 2.24) is 14.9 Å². The van der Waals surface area contributed by atoms with E-state index in [0.717, 1.165) is 38.3 Å². The van der Waals surface area contributed by atoms with Crippen LogP contribution in [0, 0.1) is 0 Å². The first kappa shape index (κ1) is 10.5. The van der Waals surface area contributed by atoms with Crippen LogP contribution in [0.3, 0.4) is 0 Å². The summed E-state index contributed by atoms with van der Waals surface area (Å²) < 4.78 is 0. The average Bonchev–Trinajstić information content (AvgIpc) is 2.29. The Morgan fingerprint density at radius 2 is 2.40 bits per heavy atom. The topological polar surface area (TPSA) is 55.0 Å². The minimum atomic E-state index is 0.625. The van der Waals surface area contributed by atoms with Crippen molar-refractivity contribution < 1.29 is 0 Å². The molecule has 0 atom stereocenters. The summed E-state index contributed by atoms with van der Waals surface area (Å²) in [4.78, 5) is 11.3. The molecule has 0 unspecified atom stereocenters. The molecule has 0 radical (unpaired) electrons. The summed E-state index contributed by atoms with van der Waals surface area (Å²) in [5.74, 6) is 0.890. The van der Waals surface area contributed by atoms with Crippen LogP contribution in [0.4, 0.5) is 0 Å². The molecule has 1 aromatic rings. The molecule has 0 saturated carbocycles. The monoisotopic (exact) mass is 206 g/mol. The Labute approximate surface area is 90.5 Å². The zero-order valence-electron chi connectivity index (χ0n) is 9.24. The molecule has 4 nitrogen and oxygen atoms in total. The molecule has 0 bridgehead atoms. The van der Waals surface area contributed by atoms with Crippen molar-refractivity contribution in [3.63, 3.8) is 0 Å². The van der Waals surface area contributed by atoms with E-state index in [9.17, 15) is 0 Å². The smallest absolute Gasteiger partial charge is 0.129 e. The van der Waals surface area contributed by atoms with Gasteiger partial charge >= 0.3 is 0 Å². The Hall–Kier alpha value is -1.00. The van der Waals surface area contributed by atoms with Crippen LogP contribution in [0.15, 0.2) is 6.20 Å². The second kappa shape index (κ2) is 4.68. The zero-order chi connectivity index (χ0) is 10.7. The fourth-order valence-corrected chi connectivity index (χ4v) is 1.94. The minimum absolute atomic E-state index is 0.625. The Bertz CT molecular complexity index is 337. The van der Waals surface area contributed by atoms with Gasteiger partial charge in [0.05, 0.1) is 0 Å². The van der Waals surface area contributed by atoms with Crippen LogP contribution >= 0.6 is 0 Å². The van der Waals surface area contributed by atoms with Crippen LogP contribution in [-0.4, -0.2) is 34.5 Å². The molecule has 1 aliphatic rings. The summed E-state index contributed by atoms with van der Waals surface area (Å²) in [6.45, 7) is 6.02. The van der Waals surface area contributed by atoms with Gasteiger partial charge in [0.15, 0.2) is 0 Å². The van der Waals surface area contributed by atoms with E-state index in [1.807, 2.05) is 6.20 Å². The molecule has 2 N–H and O–H groups in total. The lowest BCUT2D eigenvalue weighted by Crippen LogP contribution is -2.31. The molecule has 4 heteroatoms. The molecule has 0 amide bonds. The third kappa shape index (κ3) is 2.33. The molecule has 0 aromatic carbocycles. The van der Waals surface area contributed by atoms with Crippen molar-refractivity contribution in [2.75, 3.05) is 19.6 Å². The standard InChI is InChI=1S/C11H18N4/c1-2-15-6-4-10-9(8-15)7-13-11(14-10)3-5-12/h7H,2-6,8,12H2,1H3.